The second-order valence-electron chi connectivity index (χ2n) is 4.98. The van der Waals surface area contributed by atoms with E-state index in [1.165, 1.54) is 5.56 Å². The molecule has 86 valence electrons. The first kappa shape index (κ1) is 12.3. The average molecular weight is 210 g/mol. The maximum absolute atomic E-state index is 5.94. The molecule has 1 rings (SSSR count). The minimum atomic E-state index is -0.0836. The first-order chi connectivity index (χ1) is 6.88. The standard InChI is InChI=1S/C12H22N2O/c1-10-11(5-8-15-10)9-14(4)7-6-12(2,3)13/h5,8H,6-7,9,13H2,1-4H3. The fourth-order valence-corrected chi connectivity index (χ4v) is 1.42. The van der Waals surface area contributed by atoms with E-state index in [-0.39, 0.29) is 5.54 Å². The van der Waals surface area contributed by atoms with Crippen molar-refractivity contribution in [2.75, 3.05) is 13.6 Å². The van der Waals surface area contributed by atoms with Crippen LogP contribution in [0.15, 0.2) is 16.7 Å². The number of rotatable bonds is 5. The summed E-state index contributed by atoms with van der Waals surface area (Å²) in [6.07, 6.45) is 2.74. The molecule has 0 saturated carbocycles. The van der Waals surface area contributed by atoms with E-state index in [0.717, 1.165) is 25.3 Å². The van der Waals surface area contributed by atoms with Crippen LogP contribution in [0.1, 0.15) is 31.6 Å². The van der Waals surface area contributed by atoms with Gasteiger partial charge in [0.05, 0.1) is 6.26 Å². The third kappa shape index (κ3) is 4.49. The van der Waals surface area contributed by atoms with Crippen molar-refractivity contribution in [3.8, 4) is 0 Å². The van der Waals surface area contributed by atoms with Crippen LogP contribution in [0.25, 0.3) is 0 Å². The maximum atomic E-state index is 5.94. The third-order valence-electron chi connectivity index (χ3n) is 2.54. The van der Waals surface area contributed by atoms with Gasteiger partial charge in [-0.05, 0) is 46.9 Å². The first-order valence-electron chi connectivity index (χ1n) is 5.39. The highest BCUT2D eigenvalue weighted by Crippen LogP contribution is 2.12. The maximum Gasteiger partial charge on any atom is 0.105 e. The molecule has 1 aromatic heterocycles. The molecule has 1 aromatic rings. The number of nitrogens with two attached hydrogens (primary N) is 1. The quantitative estimate of drug-likeness (QED) is 0.809. The van der Waals surface area contributed by atoms with Crippen molar-refractivity contribution in [3.05, 3.63) is 23.7 Å². The van der Waals surface area contributed by atoms with Crippen LogP contribution in [0.5, 0.6) is 0 Å². The molecule has 0 unspecified atom stereocenters. The molecule has 0 aromatic carbocycles. The van der Waals surface area contributed by atoms with E-state index in [4.69, 9.17) is 10.2 Å². The topological polar surface area (TPSA) is 42.4 Å². The molecule has 0 amide bonds. The van der Waals surface area contributed by atoms with E-state index in [1.807, 2.05) is 13.0 Å². The summed E-state index contributed by atoms with van der Waals surface area (Å²) < 4.78 is 5.26. The summed E-state index contributed by atoms with van der Waals surface area (Å²) in [5.41, 5.74) is 7.12. The Morgan fingerprint density at radius 1 is 1.47 bits per heavy atom. The predicted octanol–water partition coefficient (Wildman–Crippen LogP) is 2.15. The molecular formula is C12H22N2O. The minimum absolute atomic E-state index is 0.0836. The summed E-state index contributed by atoms with van der Waals surface area (Å²) in [7, 11) is 2.11. The van der Waals surface area contributed by atoms with Crippen molar-refractivity contribution >= 4 is 0 Å². The molecule has 0 atom stereocenters. The summed E-state index contributed by atoms with van der Waals surface area (Å²) >= 11 is 0. The van der Waals surface area contributed by atoms with Crippen LogP contribution in [0.4, 0.5) is 0 Å². The molecule has 0 saturated heterocycles. The van der Waals surface area contributed by atoms with Crippen LogP contribution >= 0.6 is 0 Å². The Balaban J connectivity index is 2.37. The van der Waals surface area contributed by atoms with Gasteiger partial charge in [-0.15, -0.1) is 0 Å². The van der Waals surface area contributed by atoms with Gasteiger partial charge in [-0.25, -0.2) is 0 Å². The van der Waals surface area contributed by atoms with Crippen LogP contribution in [0.2, 0.25) is 0 Å². The zero-order chi connectivity index (χ0) is 11.5. The fraction of sp³-hybridized carbons (Fsp3) is 0.667. The molecule has 1 heterocycles. The Labute approximate surface area is 92.2 Å². The molecule has 3 heteroatoms. The van der Waals surface area contributed by atoms with Gasteiger partial charge in [0.1, 0.15) is 5.76 Å². The van der Waals surface area contributed by atoms with Crippen molar-refractivity contribution in [3.63, 3.8) is 0 Å². The van der Waals surface area contributed by atoms with E-state index in [2.05, 4.69) is 25.8 Å². The van der Waals surface area contributed by atoms with Gasteiger partial charge in [0.25, 0.3) is 0 Å². The average Bonchev–Trinajstić information content (AvgIpc) is 2.47. The number of furan rings is 1. The molecule has 0 bridgehead atoms. The Bertz CT molecular complexity index is 299. The molecule has 2 N–H and O–H groups in total. The van der Waals surface area contributed by atoms with Gasteiger partial charge in [-0.1, -0.05) is 0 Å². The largest absolute Gasteiger partial charge is 0.469 e. The molecule has 0 spiro atoms. The summed E-state index contributed by atoms with van der Waals surface area (Å²) in [4.78, 5) is 2.27. The number of nitrogens with zero attached hydrogens (tertiary/aromatic N) is 1. The zero-order valence-electron chi connectivity index (χ0n) is 10.2. The molecule has 0 aliphatic heterocycles. The van der Waals surface area contributed by atoms with Crippen LogP contribution in [0, 0.1) is 6.92 Å². The Morgan fingerprint density at radius 3 is 2.60 bits per heavy atom. The van der Waals surface area contributed by atoms with E-state index in [0.29, 0.717) is 0 Å². The second kappa shape index (κ2) is 4.81. The molecular weight excluding hydrogens is 188 g/mol. The smallest absolute Gasteiger partial charge is 0.105 e. The highest BCUT2D eigenvalue weighted by Gasteiger charge is 2.12. The van der Waals surface area contributed by atoms with Gasteiger partial charge >= 0.3 is 0 Å². The van der Waals surface area contributed by atoms with Gasteiger partial charge in [-0.3, -0.25) is 0 Å². The molecule has 0 radical (unpaired) electrons. The van der Waals surface area contributed by atoms with Crippen LogP contribution in [-0.4, -0.2) is 24.0 Å². The van der Waals surface area contributed by atoms with Gasteiger partial charge in [-0.2, -0.15) is 0 Å². The number of hydrogen-bond donors (Lipinski definition) is 1. The van der Waals surface area contributed by atoms with Crippen LogP contribution in [-0.2, 0) is 6.54 Å². The minimum Gasteiger partial charge on any atom is -0.469 e. The van der Waals surface area contributed by atoms with Gasteiger partial charge < -0.3 is 15.1 Å². The molecule has 3 nitrogen and oxygen atoms in total. The van der Waals surface area contributed by atoms with Gasteiger partial charge in [0.15, 0.2) is 0 Å². The highest BCUT2D eigenvalue weighted by molar-refractivity contribution is 5.14. The van der Waals surface area contributed by atoms with E-state index in [1.54, 1.807) is 6.26 Å². The van der Waals surface area contributed by atoms with Crippen molar-refractivity contribution in [1.29, 1.82) is 0 Å². The van der Waals surface area contributed by atoms with Crippen molar-refractivity contribution in [2.45, 2.75) is 39.3 Å². The van der Waals surface area contributed by atoms with Gasteiger partial charge in [0, 0.05) is 17.6 Å². The lowest BCUT2D eigenvalue weighted by Crippen LogP contribution is -2.36. The molecule has 0 fully saturated rings. The van der Waals surface area contributed by atoms with Crippen LogP contribution in [0.3, 0.4) is 0 Å². The molecule has 15 heavy (non-hydrogen) atoms. The summed E-state index contributed by atoms with van der Waals surface area (Å²) in [6.45, 7) is 8.05. The van der Waals surface area contributed by atoms with Crippen molar-refractivity contribution in [1.82, 2.24) is 4.90 Å². The van der Waals surface area contributed by atoms with Crippen molar-refractivity contribution < 1.29 is 4.42 Å². The highest BCUT2D eigenvalue weighted by atomic mass is 16.3. The summed E-state index contributed by atoms with van der Waals surface area (Å²) in [6, 6.07) is 2.03. The molecule has 0 aliphatic rings. The third-order valence-corrected chi connectivity index (χ3v) is 2.54. The van der Waals surface area contributed by atoms with E-state index in [9.17, 15) is 0 Å². The van der Waals surface area contributed by atoms with E-state index >= 15 is 0 Å². The first-order valence-corrected chi connectivity index (χ1v) is 5.39. The Hall–Kier alpha value is -0.800. The second-order valence-corrected chi connectivity index (χ2v) is 4.98. The lowest BCUT2D eigenvalue weighted by Gasteiger charge is -2.23. The summed E-state index contributed by atoms with van der Waals surface area (Å²) in [5.74, 6) is 1.01. The SMILES string of the molecule is Cc1occc1CN(C)CCC(C)(C)N. The monoisotopic (exact) mass is 210 g/mol. The Morgan fingerprint density at radius 2 is 2.13 bits per heavy atom. The fourth-order valence-electron chi connectivity index (χ4n) is 1.42. The lowest BCUT2D eigenvalue weighted by molar-refractivity contribution is 0.287. The zero-order valence-corrected chi connectivity index (χ0v) is 10.2. The van der Waals surface area contributed by atoms with Crippen LogP contribution < -0.4 is 5.73 Å². The molecule has 0 aliphatic carbocycles. The lowest BCUT2D eigenvalue weighted by atomic mass is 10.0. The van der Waals surface area contributed by atoms with E-state index < -0.39 is 0 Å². The van der Waals surface area contributed by atoms with Crippen molar-refractivity contribution in [2.24, 2.45) is 5.73 Å². The number of aryl methyl sites for hydroxylation is 1. The predicted molar refractivity (Wildman–Crippen MR) is 62.7 cm³/mol. The normalized spacial score (nSPS) is 12.4. The Kier molecular flexibility index (Phi) is 3.94. The van der Waals surface area contributed by atoms with Gasteiger partial charge in [0.2, 0.25) is 0 Å². The number of hydrogen-bond acceptors (Lipinski definition) is 3. The summed E-state index contributed by atoms with van der Waals surface area (Å²) in [5, 5.41) is 0.